The number of carbonyl (C=O) groups excluding carboxylic acids is 2. The minimum Gasteiger partial charge on any atom is -0.465 e. The Morgan fingerprint density at radius 1 is 0.980 bits per heavy atom. The van der Waals surface area contributed by atoms with Crippen molar-refractivity contribution in [3.63, 3.8) is 0 Å². The third kappa shape index (κ3) is 6.55. The highest BCUT2D eigenvalue weighted by Gasteiger charge is 2.49. The van der Waals surface area contributed by atoms with Crippen molar-refractivity contribution in [1.29, 1.82) is 0 Å². The van der Waals surface area contributed by atoms with E-state index in [1.54, 1.807) is 18.2 Å². The first kappa shape index (κ1) is 32.2. The number of H-pyrrole nitrogens is 1. The molecule has 0 bridgehead atoms. The molecule has 2 aliphatic rings. The van der Waals surface area contributed by atoms with E-state index in [4.69, 9.17) is 28.4 Å². The van der Waals surface area contributed by atoms with Crippen molar-refractivity contribution in [3.05, 3.63) is 77.9 Å². The predicted octanol–water partition coefficient (Wildman–Crippen LogP) is 3.90. The number of aromatic nitrogens is 6. The number of carbonyl (C=O) groups is 2. The predicted molar refractivity (Wildman–Crippen MR) is 171 cm³/mol. The third-order valence-corrected chi connectivity index (χ3v) is 8.24. The van der Waals surface area contributed by atoms with Crippen LogP contribution in [0.4, 0.5) is 4.79 Å². The third-order valence-electron chi connectivity index (χ3n) is 8.24. The highest BCUT2D eigenvalue weighted by Crippen LogP contribution is 2.33. The van der Waals surface area contributed by atoms with Crippen molar-refractivity contribution in [3.8, 4) is 28.5 Å². The molecule has 4 atom stereocenters. The Kier molecular flexibility index (Phi) is 8.71. The van der Waals surface area contributed by atoms with Crippen LogP contribution >= 0.6 is 0 Å². The average Bonchev–Trinajstić information content (AvgIpc) is 3.89. The first-order chi connectivity index (χ1) is 23.7. The van der Waals surface area contributed by atoms with Gasteiger partial charge in [0.25, 0.3) is 11.8 Å². The number of esters is 1. The number of tetrazole rings is 1. The summed E-state index contributed by atoms with van der Waals surface area (Å²) in [5.74, 6) is -1.95. The Bertz CT molecular complexity index is 1960. The number of imidazole rings is 1. The molecule has 4 heterocycles. The largest absolute Gasteiger partial charge is 0.512 e. The number of benzene rings is 3. The first-order valence-corrected chi connectivity index (χ1v) is 15.8. The first-order valence-electron chi connectivity index (χ1n) is 15.8. The molecule has 0 aliphatic carbocycles. The van der Waals surface area contributed by atoms with Crippen LogP contribution in [0.5, 0.6) is 6.01 Å². The molecule has 2 fully saturated rings. The zero-order valence-corrected chi connectivity index (χ0v) is 26.9. The minimum absolute atomic E-state index is 0.0478. The van der Waals surface area contributed by atoms with Gasteiger partial charge in [-0.15, -0.1) is 10.2 Å². The van der Waals surface area contributed by atoms with Gasteiger partial charge in [0, 0.05) is 19.4 Å². The number of ether oxygens (including phenoxy) is 6. The van der Waals surface area contributed by atoms with E-state index >= 15 is 0 Å². The van der Waals surface area contributed by atoms with Crippen molar-refractivity contribution < 1.29 is 43.1 Å². The van der Waals surface area contributed by atoms with E-state index in [0.717, 1.165) is 22.3 Å². The zero-order chi connectivity index (χ0) is 34.1. The maximum absolute atomic E-state index is 13.7. The lowest BCUT2D eigenvalue weighted by Crippen LogP contribution is -2.38. The minimum atomic E-state index is -1.70. The number of nitrogens with zero attached hydrogens (tertiary/aromatic N) is 5. The van der Waals surface area contributed by atoms with Gasteiger partial charge in [0.2, 0.25) is 5.82 Å². The molecule has 7 rings (SSSR count). The van der Waals surface area contributed by atoms with Crippen LogP contribution in [0.15, 0.2) is 66.7 Å². The van der Waals surface area contributed by atoms with E-state index in [2.05, 4.69) is 25.6 Å². The molecule has 15 heteroatoms. The smallest absolute Gasteiger partial charge is 0.465 e. The molecule has 2 aliphatic heterocycles. The van der Waals surface area contributed by atoms with Gasteiger partial charge in [-0.05, 0) is 41.0 Å². The number of aliphatic hydroxyl groups excluding tert-OH is 1. The fourth-order valence-electron chi connectivity index (χ4n) is 6.09. The van der Waals surface area contributed by atoms with Gasteiger partial charge in [0.05, 0.1) is 43.0 Å². The second kappa shape index (κ2) is 13.3. The molecule has 0 saturated carbocycles. The van der Waals surface area contributed by atoms with Gasteiger partial charge in [0.1, 0.15) is 18.3 Å². The fourth-order valence-corrected chi connectivity index (χ4v) is 6.09. The molecule has 2 aromatic heterocycles. The summed E-state index contributed by atoms with van der Waals surface area (Å²) in [7, 11) is 0. The number of aliphatic hydroxyl groups is 1. The Morgan fingerprint density at radius 2 is 1.76 bits per heavy atom. The molecule has 254 valence electrons. The molecule has 15 nitrogen and oxygen atoms in total. The number of hydrogen-bond donors (Lipinski definition) is 2. The van der Waals surface area contributed by atoms with Gasteiger partial charge in [-0.25, -0.2) is 9.59 Å². The van der Waals surface area contributed by atoms with Crippen LogP contribution in [0.3, 0.4) is 0 Å². The van der Waals surface area contributed by atoms with Crippen molar-refractivity contribution in [2.24, 2.45) is 0 Å². The number of para-hydroxylation sites is 1. The van der Waals surface area contributed by atoms with Crippen LogP contribution < -0.4 is 4.74 Å². The normalized spacial score (nSPS) is 20.2. The Labute approximate surface area is 280 Å². The number of rotatable bonds is 10. The van der Waals surface area contributed by atoms with Crippen LogP contribution in [0.25, 0.3) is 33.5 Å². The second-order valence-corrected chi connectivity index (χ2v) is 12.0. The van der Waals surface area contributed by atoms with Crippen LogP contribution in [-0.2, 0) is 30.2 Å². The quantitative estimate of drug-likeness (QED) is 0.161. The van der Waals surface area contributed by atoms with Crippen LogP contribution in [0.1, 0.15) is 36.7 Å². The number of aromatic amines is 1. The molecule has 0 spiro atoms. The summed E-state index contributed by atoms with van der Waals surface area (Å²) in [6, 6.07) is 21.2. The molecular formula is C34H34N6O9. The lowest BCUT2D eigenvalue weighted by molar-refractivity contribution is -0.162. The summed E-state index contributed by atoms with van der Waals surface area (Å²) >= 11 is 0. The summed E-state index contributed by atoms with van der Waals surface area (Å²) in [5.41, 5.74) is 4.89. The van der Waals surface area contributed by atoms with Crippen LogP contribution in [0.2, 0.25) is 0 Å². The van der Waals surface area contributed by atoms with E-state index in [1.165, 1.54) is 13.8 Å². The van der Waals surface area contributed by atoms with E-state index < -0.39 is 42.3 Å². The van der Waals surface area contributed by atoms with E-state index in [1.807, 2.05) is 60.0 Å². The van der Waals surface area contributed by atoms with Gasteiger partial charge in [0.15, 0.2) is 6.10 Å². The topological polar surface area (TPSA) is 182 Å². The summed E-state index contributed by atoms with van der Waals surface area (Å²) in [4.78, 5) is 31.0. The van der Waals surface area contributed by atoms with Crippen LogP contribution in [-0.4, -0.2) is 97.4 Å². The molecule has 2 saturated heterocycles. The highest BCUT2D eigenvalue weighted by atomic mass is 16.8. The summed E-state index contributed by atoms with van der Waals surface area (Å²) in [5, 5.41) is 24.4. The summed E-state index contributed by atoms with van der Waals surface area (Å²) in [6.45, 7) is 5.53. The van der Waals surface area contributed by atoms with Crippen LogP contribution in [0, 0.1) is 0 Å². The molecule has 2 N–H and O–H groups in total. The van der Waals surface area contributed by atoms with Gasteiger partial charge in [-0.2, -0.15) is 10.2 Å². The zero-order valence-electron chi connectivity index (χ0n) is 26.9. The average molecular weight is 671 g/mol. The molecule has 3 aromatic carbocycles. The van der Waals surface area contributed by atoms with Gasteiger partial charge in [-0.1, -0.05) is 54.6 Å². The van der Waals surface area contributed by atoms with Crippen molar-refractivity contribution in [2.45, 2.75) is 57.5 Å². The molecule has 0 amide bonds. The summed E-state index contributed by atoms with van der Waals surface area (Å²) < 4.78 is 35.2. The Balaban J connectivity index is 1.10. The molecular weight excluding hydrogens is 636 g/mol. The standard InChI is InChI=1S/C34H34N6O9/c1-4-44-32-35-24-11-7-10-23(31(42)48-34(2,3)49-33(43)47-26-18-46-28-25(41)17-45-29(26)28)27(24)40(32)16-19-12-14-20(15-13-19)21-8-5-6-9-22(21)30-36-38-39-37-30/h5-15,25-26,28-29,41H,4,16-18H2,1-3H3,(H,36,37,38,39)/t25-,26+,28-,29?/m1/s1. The van der Waals surface area contributed by atoms with E-state index in [9.17, 15) is 14.7 Å². The fraction of sp³-hybridized carbons (Fsp3) is 0.353. The maximum atomic E-state index is 13.7. The van der Waals surface area contributed by atoms with Gasteiger partial charge < -0.3 is 33.5 Å². The van der Waals surface area contributed by atoms with E-state index in [-0.39, 0.29) is 18.8 Å². The highest BCUT2D eigenvalue weighted by molar-refractivity contribution is 6.02. The van der Waals surface area contributed by atoms with Crippen molar-refractivity contribution in [2.75, 3.05) is 19.8 Å². The van der Waals surface area contributed by atoms with Crippen molar-refractivity contribution >= 4 is 23.2 Å². The molecule has 5 aromatic rings. The number of nitrogens with one attached hydrogen (secondary N) is 1. The van der Waals surface area contributed by atoms with E-state index in [0.29, 0.717) is 36.0 Å². The van der Waals surface area contributed by atoms with Gasteiger partial charge in [-0.3, -0.25) is 4.57 Å². The summed E-state index contributed by atoms with van der Waals surface area (Å²) in [6.07, 6.45) is -3.81. The Morgan fingerprint density at radius 3 is 2.51 bits per heavy atom. The Hall–Kier alpha value is -5.38. The van der Waals surface area contributed by atoms with Gasteiger partial charge >= 0.3 is 12.1 Å². The molecule has 49 heavy (non-hydrogen) atoms. The maximum Gasteiger partial charge on any atom is 0.512 e. The lowest BCUT2D eigenvalue weighted by atomic mass is 9.98. The number of hydrogen-bond acceptors (Lipinski definition) is 13. The molecule has 0 radical (unpaired) electrons. The monoisotopic (exact) mass is 670 g/mol. The lowest BCUT2D eigenvalue weighted by Gasteiger charge is -2.26. The second-order valence-electron chi connectivity index (χ2n) is 12.0. The van der Waals surface area contributed by atoms with Crippen molar-refractivity contribution in [1.82, 2.24) is 30.2 Å². The SMILES string of the molecule is CCOc1nc2cccc(C(=O)OC(C)(C)OC(=O)O[C@H]3CO[C@H]4C3OC[C@H]4O)c2n1Cc1ccc(-c2ccccc2-c2nn[nH]n2)cc1. The number of fused-ring (bicyclic) bond motifs is 2. The molecule has 1 unspecified atom stereocenters.